The summed E-state index contributed by atoms with van der Waals surface area (Å²) in [4.78, 5) is 27.9. The summed E-state index contributed by atoms with van der Waals surface area (Å²) < 4.78 is 6.92. The Morgan fingerprint density at radius 2 is 1.67 bits per heavy atom. The fraction of sp³-hybridized carbons (Fsp3) is 0.192. The predicted molar refractivity (Wildman–Crippen MR) is 128 cm³/mol. The molecule has 33 heavy (non-hydrogen) atoms. The molecule has 7 nitrogen and oxygen atoms in total. The van der Waals surface area contributed by atoms with E-state index >= 15 is 0 Å². The van der Waals surface area contributed by atoms with Crippen LogP contribution in [0.25, 0.3) is 0 Å². The van der Waals surface area contributed by atoms with Crippen LogP contribution in [0.3, 0.4) is 0 Å². The zero-order valence-electron chi connectivity index (χ0n) is 18.9. The van der Waals surface area contributed by atoms with Crippen molar-refractivity contribution in [3.63, 3.8) is 0 Å². The average molecular weight is 444 g/mol. The van der Waals surface area contributed by atoms with E-state index in [1.807, 2.05) is 79.8 Å². The van der Waals surface area contributed by atoms with Crippen LogP contribution in [0.5, 0.6) is 5.75 Å². The number of amides is 2. The van der Waals surface area contributed by atoms with E-state index in [1.54, 1.807) is 36.1 Å². The van der Waals surface area contributed by atoms with E-state index in [0.717, 1.165) is 16.8 Å². The monoisotopic (exact) mass is 443 g/mol. The third kappa shape index (κ3) is 4.87. The molecule has 0 radical (unpaired) electrons. The molecule has 1 aliphatic rings. The molecule has 3 aromatic rings. The molecule has 2 amide bonds. The van der Waals surface area contributed by atoms with Gasteiger partial charge in [0.25, 0.3) is 5.91 Å². The lowest BCUT2D eigenvalue weighted by Gasteiger charge is -2.15. The Morgan fingerprint density at radius 3 is 2.27 bits per heavy atom. The quantitative estimate of drug-likeness (QED) is 0.575. The minimum atomic E-state index is -0.765. The third-order valence-electron chi connectivity index (χ3n) is 5.61. The van der Waals surface area contributed by atoms with Crippen molar-refractivity contribution in [2.75, 3.05) is 26.1 Å². The van der Waals surface area contributed by atoms with Gasteiger partial charge in [-0.15, -0.1) is 10.1 Å². The molecule has 0 unspecified atom stereocenters. The van der Waals surface area contributed by atoms with Crippen molar-refractivity contribution in [3.8, 4) is 5.75 Å². The zero-order valence-corrected chi connectivity index (χ0v) is 18.9. The van der Waals surface area contributed by atoms with Crippen molar-refractivity contribution in [2.45, 2.75) is 12.1 Å². The summed E-state index contributed by atoms with van der Waals surface area (Å²) in [5, 5.41) is 2.91. The number of hydrazine groups is 1. The SMILES string of the molecule is COc1ccc(C(=O)N[C@@H]2C(=O)N/[N+](=C\c3ccc(N(C)C)cc3)[C@H]2c2ccccc2)cc1. The Hall–Kier alpha value is -4.13. The molecule has 0 bridgehead atoms. The van der Waals surface area contributed by atoms with E-state index in [0.29, 0.717) is 11.3 Å². The second kappa shape index (κ2) is 9.56. The maximum absolute atomic E-state index is 13.0. The van der Waals surface area contributed by atoms with E-state index in [-0.39, 0.29) is 11.8 Å². The lowest BCUT2D eigenvalue weighted by molar-refractivity contribution is -0.596. The lowest BCUT2D eigenvalue weighted by Crippen LogP contribution is -2.42. The lowest BCUT2D eigenvalue weighted by atomic mass is 10.00. The number of methoxy groups -OCH3 is 1. The van der Waals surface area contributed by atoms with Gasteiger partial charge in [0.2, 0.25) is 12.3 Å². The molecule has 3 aromatic carbocycles. The van der Waals surface area contributed by atoms with Crippen LogP contribution in [0.1, 0.15) is 27.5 Å². The van der Waals surface area contributed by atoms with Gasteiger partial charge in [0, 0.05) is 36.5 Å². The first-order valence-electron chi connectivity index (χ1n) is 10.7. The molecule has 1 saturated heterocycles. The van der Waals surface area contributed by atoms with E-state index in [2.05, 4.69) is 10.7 Å². The molecule has 168 valence electrons. The molecule has 1 heterocycles. The van der Waals surface area contributed by atoms with Gasteiger partial charge in [-0.05, 0) is 48.5 Å². The smallest absolute Gasteiger partial charge is 0.304 e. The van der Waals surface area contributed by atoms with Gasteiger partial charge in [-0.25, -0.2) is 0 Å². The molecule has 0 aliphatic carbocycles. The van der Waals surface area contributed by atoms with Gasteiger partial charge in [-0.3, -0.25) is 9.59 Å². The van der Waals surface area contributed by atoms with Crippen LogP contribution in [0, 0.1) is 0 Å². The van der Waals surface area contributed by atoms with Gasteiger partial charge in [0.15, 0.2) is 6.04 Å². The van der Waals surface area contributed by atoms with Crippen LogP contribution in [0.2, 0.25) is 0 Å². The first kappa shape index (κ1) is 22.1. The summed E-state index contributed by atoms with van der Waals surface area (Å²) in [5.41, 5.74) is 6.30. The topological polar surface area (TPSA) is 73.7 Å². The summed E-state index contributed by atoms with van der Waals surface area (Å²) in [6, 6.07) is 23.3. The number of ether oxygens (including phenoxy) is 1. The number of anilines is 1. The van der Waals surface area contributed by atoms with Crippen LogP contribution >= 0.6 is 0 Å². The molecular weight excluding hydrogens is 416 g/mol. The molecule has 1 fully saturated rings. The van der Waals surface area contributed by atoms with Crippen LogP contribution in [0.4, 0.5) is 5.69 Å². The van der Waals surface area contributed by atoms with Crippen molar-refractivity contribution < 1.29 is 19.0 Å². The van der Waals surface area contributed by atoms with Crippen LogP contribution in [0.15, 0.2) is 78.9 Å². The first-order valence-corrected chi connectivity index (χ1v) is 10.7. The summed E-state index contributed by atoms with van der Waals surface area (Å²) >= 11 is 0. The Bertz CT molecular complexity index is 1160. The molecule has 0 aromatic heterocycles. The van der Waals surface area contributed by atoms with Gasteiger partial charge in [-0.1, -0.05) is 30.3 Å². The summed E-state index contributed by atoms with van der Waals surface area (Å²) in [7, 11) is 5.55. The first-order chi connectivity index (χ1) is 16.0. The van der Waals surface area contributed by atoms with Gasteiger partial charge < -0.3 is 15.0 Å². The van der Waals surface area contributed by atoms with Gasteiger partial charge >= 0.3 is 5.91 Å². The minimum absolute atomic E-state index is 0.271. The molecule has 1 aliphatic heterocycles. The number of hydrazone groups is 1. The predicted octanol–water partition coefficient (Wildman–Crippen LogP) is 2.78. The maximum Gasteiger partial charge on any atom is 0.304 e. The van der Waals surface area contributed by atoms with Crippen molar-refractivity contribution >= 4 is 23.7 Å². The highest BCUT2D eigenvalue weighted by molar-refractivity contribution is 5.98. The number of hydrogen-bond donors (Lipinski definition) is 2. The highest BCUT2D eigenvalue weighted by atomic mass is 16.5. The third-order valence-corrected chi connectivity index (χ3v) is 5.61. The number of rotatable bonds is 6. The summed E-state index contributed by atoms with van der Waals surface area (Å²) in [6.45, 7) is 0. The Balaban J connectivity index is 1.64. The van der Waals surface area contributed by atoms with Crippen LogP contribution < -0.4 is 20.4 Å². The minimum Gasteiger partial charge on any atom is -0.497 e. The van der Waals surface area contributed by atoms with E-state index in [9.17, 15) is 9.59 Å². The standard InChI is InChI=1S/C26H26N4O3/c1-29(2)21-13-9-18(10-14-21)17-30-24(19-7-5-4-6-8-19)23(26(32)28-30)27-25(31)20-11-15-22(33-3)16-12-20/h4-17,23-24H,1-3H3,(H-,27,28,31,32)/p+1/t23-,24-/m0/s1. The average Bonchev–Trinajstić information content (AvgIpc) is 3.14. The van der Waals surface area contributed by atoms with Crippen molar-refractivity contribution in [3.05, 3.63) is 95.6 Å². The Labute approximate surface area is 193 Å². The molecular formula is C26H27N4O3+. The van der Waals surface area contributed by atoms with E-state index in [4.69, 9.17) is 4.74 Å². The molecule has 2 atom stereocenters. The van der Waals surface area contributed by atoms with Crippen LogP contribution in [-0.4, -0.2) is 50.0 Å². The Morgan fingerprint density at radius 1 is 1.00 bits per heavy atom. The fourth-order valence-corrected chi connectivity index (χ4v) is 3.82. The maximum atomic E-state index is 13.0. The summed E-state index contributed by atoms with van der Waals surface area (Å²) in [6.07, 6.45) is 1.88. The van der Waals surface area contributed by atoms with Gasteiger partial charge in [0.1, 0.15) is 5.75 Å². The molecule has 0 saturated carbocycles. The second-order valence-electron chi connectivity index (χ2n) is 8.03. The number of carbonyl (C=O) groups is 2. The van der Waals surface area contributed by atoms with Gasteiger partial charge in [0.05, 0.1) is 7.11 Å². The summed E-state index contributed by atoms with van der Waals surface area (Å²) in [5.74, 6) is 0.0659. The Kier molecular flexibility index (Phi) is 6.40. The number of nitrogens with one attached hydrogen (secondary N) is 2. The van der Waals surface area contributed by atoms with Gasteiger partial charge in [-0.2, -0.15) is 0 Å². The van der Waals surface area contributed by atoms with E-state index < -0.39 is 12.1 Å². The largest absolute Gasteiger partial charge is 0.497 e. The molecule has 0 spiro atoms. The van der Waals surface area contributed by atoms with Crippen molar-refractivity contribution in [1.82, 2.24) is 10.7 Å². The number of nitrogens with zero attached hydrogens (tertiary/aromatic N) is 2. The van der Waals surface area contributed by atoms with E-state index in [1.165, 1.54) is 0 Å². The fourth-order valence-electron chi connectivity index (χ4n) is 3.82. The second-order valence-corrected chi connectivity index (χ2v) is 8.03. The number of benzene rings is 3. The van der Waals surface area contributed by atoms with Crippen molar-refractivity contribution in [2.24, 2.45) is 0 Å². The highest BCUT2D eigenvalue weighted by Gasteiger charge is 2.47. The number of hydrogen-bond acceptors (Lipinski definition) is 4. The molecule has 7 heteroatoms. The highest BCUT2D eigenvalue weighted by Crippen LogP contribution is 2.25. The molecule has 4 rings (SSSR count). The molecule has 2 N–H and O–H groups in total. The normalized spacial score (nSPS) is 18.6. The van der Waals surface area contributed by atoms with Crippen molar-refractivity contribution in [1.29, 1.82) is 0 Å². The van der Waals surface area contributed by atoms with Crippen LogP contribution in [-0.2, 0) is 4.79 Å². The zero-order chi connectivity index (χ0) is 23.4. The number of carbonyl (C=O) groups excluding carboxylic acids is 2.